The molecule has 1 aromatic carbocycles. The van der Waals surface area contributed by atoms with E-state index in [-0.39, 0.29) is 24.6 Å². The normalized spacial score (nSPS) is 21.2. The van der Waals surface area contributed by atoms with Gasteiger partial charge in [0.2, 0.25) is 5.91 Å². The lowest BCUT2D eigenvalue weighted by Crippen LogP contribution is -2.69. The number of imide groups is 1. The molecule has 11 heteroatoms. The van der Waals surface area contributed by atoms with Crippen molar-refractivity contribution >= 4 is 23.7 Å². The Morgan fingerprint density at radius 2 is 2.12 bits per heavy atom. The quantitative estimate of drug-likeness (QED) is 0.487. The number of likely N-dealkylation sites (tertiary alicyclic amines) is 1. The number of fused-ring (bicyclic) bond motifs is 1. The van der Waals surface area contributed by atoms with Gasteiger partial charge in [0, 0.05) is 11.8 Å². The van der Waals surface area contributed by atoms with E-state index in [1.54, 1.807) is 32.0 Å². The number of anilines is 1. The van der Waals surface area contributed by atoms with E-state index >= 15 is 0 Å². The minimum Gasteiger partial charge on any atom is -0.464 e. The van der Waals surface area contributed by atoms with Gasteiger partial charge < -0.3 is 20.5 Å². The molecule has 4 rings (SSSR count). The van der Waals surface area contributed by atoms with Crippen molar-refractivity contribution < 1.29 is 32.6 Å². The molecule has 2 aliphatic rings. The zero-order valence-corrected chi connectivity index (χ0v) is 18.6. The molecular formula is C23H24F2N4O5. The predicted molar refractivity (Wildman–Crippen MR) is 116 cm³/mol. The SMILES string of the molecule is CCOC(=O)[C@@H]1[C@@H](Cc2ccnc(N)c2)C(=O)N1C(=O)N[C@H](C)c1ccc2c(c1)OC(F)(F)C2. The van der Waals surface area contributed by atoms with Crippen molar-refractivity contribution in [3.05, 3.63) is 53.2 Å². The molecule has 1 saturated heterocycles. The Morgan fingerprint density at radius 1 is 1.35 bits per heavy atom. The van der Waals surface area contributed by atoms with Crippen molar-refractivity contribution in [1.82, 2.24) is 15.2 Å². The van der Waals surface area contributed by atoms with E-state index in [4.69, 9.17) is 10.5 Å². The Bertz CT molecular complexity index is 1140. The van der Waals surface area contributed by atoms with Crippen molar-refractivity contribution in [2.45, 2.75) is 44.9 Å². The van der Waals surface area contributed by atoms with Gasteiger partial charge in [-0.05, 0) is 49.6 Å². The van der Waals surface area contributed by atoms with Crippen molar-refractivity contribution in [1.29, 1.82) is 0 Å². The molecule has 1 fully saturated rings. The van der Waals surface area contributed by atoms with Crippen LogP contribution in [0.25, 0.3) is 0 Å². The first-order chi connectivity index (χ1) is 16.1. The van der Waals surface area contributed by atoms with Gasteiger partial charge in [-0.15, -0.1) is 0 Å². The average Bonchev–Trinajstić information content (AvgIpc) is 3.08. The third kappa shape index (κ3) is 4.50. The summed E-state index contributed by atoms with van der Waals surface area (Å²) in [5.74, 6) is -1.70. The number of pyridine rings is 1. The van der Waals surface area contributed by atoms with Gasteiger partial charge in [0.25, 0.3) is 0 Å². The largest absolute Gasteiger partial charge is 0.464 e. The van der Waals surface area contributed by atoms with Crippen LogP contribution in [0.5, 0.6) is 5.75 Å². The number of hydrogen-bond donors (Lipinski definition) is 2. The molecule has 1 aromatic heterocycles. The van der Waals surface area contributed by atoms with Gasteiger partial charge in [0.1, 0.15) is 11.6 Å². The van der Waals surface area contributed by atoms with Gasteiger partial charge in [-0.25, -0.2) is 19.5 Å². The zero-order valence-electron chi connectivity index (χ0n) is 18.6. The number of hydrogen-bond acceptors (Lipinski definition) is 7. The van der Waals surface area contributed by atoms with Gasteiger partial charge in [0.05, 0.1) is 25.0 Å². The molecule has 9 nitrogen and oxygen atoms in total. The van der Waals surface area contributed by atoms with Gasteiger partial charge in [-0.2, -0.15) is 8.78 Å². The Morgan fingerprint density at radius 3 is 2.82 bits per heavy atom. The summed E-state index contributed by atoms with van der Waals surface area (Å²) in [7, 11) is 0. The maximum Gasteiger partial charge on any atom is 0.402 e. The Hall–Kier alpha value is -3.76. The number of carbonyl (C=O) groups is 3. The molecule has 3 heterocycles. The number of esters is 1. The number of amides is 3. The number of halogens is 2. The van der Waals surface area contributed by atoms with Crippen LogP contribution in [0, 0.1) is 5.92 Å². The van der Waals surface area contributed by atoms with Crippen LogP contribution < -0.4 is 15.8 Å². The van der Waals surface area contributed by atoms with E-state index in [2.05, 4.69) is 15.0 Å². The highest BCUT2D eigenvalue weighted by Crippen LogP contribution is 2.38. The average molecular weight is 474 g/mol. The predicted octanol–water partition coefficient (Wildman–Crippen LogP) is 2.59. The summed E-state index contributed by atoms with van der Waals surface area (Å²) in [5.41, 5.74) is 7.27. The second kappa shape index (κ2) is 8.88. The molecule has 0 spiro atoms. The van der Waals surface area contributed by atoms with Crippen LogP contribution in [-0.2, 0) is 27.2 Å². The maximum atomic E-state index is 13.5. The smallest absolute Gasteiger partial charge is 0.402 e. The molecule has 0 aliphatic carbocycles. The lowest BCUT2D eigenvalue weighted by molar-refractivity contribution is -0.169. The number of carbonyl (C=O) groups excluding carboxylic acids is 3. The number of aromatic nitrogens is 1. The van der Waals surface area contributed by atoms with Crippen molar-refractivity contribution in [3.63, 3.8) is 0 Å². The summed E-state index contributed by atoms with van der Waals surface area (Å²) in [6.45, 7) is 3.35. The number of nitrogens with one attached hydrogen (secondary N) is 1. The summed E-state index contributed by atoms with van der Waals surface area (Å²) in [4.78, 5) is 43.1. The number of β-lactam (4-membered cyclic amide) rings is 1. The monoisotopic (exact) mass is 474 g/mol. The topological polar surface area (TPSA) is 124 Å². The molecular weight excluding hydrogens is 450 g/mol. The minimum absolute atomic E-state index is 0.0460. The molecule has 2 aromatic rings. The Kier molecular flexibility index (Phi) is 6.11. The summed E-state index contributed by atoms with van der Waals surface area (Å²) >= 11 is 0. The highest BCUT2D eigenvalue weighted by molar-refractivity contribution is 6.08. The van der Waals surface area contributed by atoms with Gasteiger partial charge >= 0.3 is 18.1 Å². The first-order valence-electron chi connectivity index (χ1n) is 10.8. The van der Waals surface area contributed by atoms with E-state index in [1.165, 1.54) is 18.3 Å². The Labute approximate surface area is 194 Å². The number of benzene rings is 1. The molecule has 3 atom stereocenters. The van der Waals surface area contributed by atoms with Crippen molar-refractivity contribution in [2.75, 3.05) is 12.3 Å². The highest BCUT2D eigenvalue weighted by atomic mass is 19.3. The molecule has 0 saturated carbocycles. The third-order valence-corrected chi connectivity index (χ3v) is 5.85. The molecule has 180 valence electrons. The number of rotatable bonds is 6. The fourth-order valence-electron chi connectivity index (χ4n) is 4.18. The second-order valence-corrected chi connectivity index (χ2v) is 8.26. The fourth-order valence-corrected chi connectivity index (χ4v) is 4.18. The van der Waals surface area contributed by atoms with Crippen LogP contribution in [0.4, 0.5) is 19.4 Å². The number of nitrogens with two attached hydrogens (primary N) is 1. The lowest BCUT2D eigenvalue weighted by Gasteiger charge is -2.44. The molecule has 0 bridgehead atoms. The van der Waals surface area contributed by atoms with Crippen molar-refractivity contribution in [2.24, 2.45) is 5.92 Å². The molecule has 0 radical (unpaired) electrons. The van der Waals surface area contributed by atoms with Crippen LogP contribution >= 0.6 is 0 Å². The van der Waals surface area contributed by atoms with Gasteiger partial charge in [-0.1, -0.05) is 12.1 Å². The highest BCUT2D eigenvalue weighted by Gasteiger charge is 2.55. The molecule has 3 N–H and O–H groups in total. The lowest BCUT2D eigenvalue weighted by atomic mass is 9.82. The second-order valence-electron chi connectivity index (χ2n) is 8.26. The number of alkyl halides is 2. The van der Waals surface area contributed by atoms with E-state index < -0.39 is 48.4 Å². The van der Waals surface area contributed by atoms with Crippen LogP contribution in [0.2, 0.25) is 0 Å². The Balaban J connectivity index is 1.48. The number of ether oxygens (including phenoxy) is 2. The van der Waals surface area contributed by atoms with E-state index in [0.29, 0.717) is 16.7 Å². The zero-order chi connectivity index (χ0) is 24.6. The van der Waals surface area contributed by atoms with Crippen LogP contribution in [0.15, 0.2) is 36.5 Å². The van der Waals surface area contributed by atoms with Crippen LogP contribution in [-0.4, -0.2) is 46.5 Å². The van der Waals surface area contributed by atoms with E-state index in [1.807, 2.05) is 0 Å². The first kappa shape index (κ1) is 23.4. The summed E-state index contributed by atoms with van der Waals surface area (Å²) in [5, 5.41) is 2.65. The first-order valence-corrected chi connectivity index (χ1v) is 10.8. The molecule has 2 aliphatic heterocycles. The van der Waals surface area contributed by atoms with E-state index in [0.717, 1.165) is 4.90 Å². The summed E-state index contributed by atoms with van der Waals surface area (Å²) in [6, 6.07) is 5.29. The molecule has 34 heavy (non-hydrogen) atoms. The van der Waals surface area contributed by atoms with Crippen LogP contribution in [0.3, 0.4) is 0 Å². The molecule has 0 unspecified atom stereocenters. The third-order valence-electron chi connectivity index (χ3n) is 5.85. The standard InChI is InChI=1S/C23H24F2N4O5/c1-3-33-21(31)19-16(8-13-6-7-27-18(26)9-13)20(30)29(19)22(32)28-12(2)14-4-5-15-11-23(24,25)34-17(15)10-14/h4-7,9-10,12,16,19H,3,8,11H2,1-2H3,(H2,26,27)(H,28,32)/t12-,16-,19+/m1/s1. The number of urea groups is 1. The fraction of sp³-hybridized carbons (Fsp3) is 0.391. The van der Waals surface area contributed by atoms with Gasteiger partial charge in [0.15, 0.2) is 6.04 Å². The van der Waals surface area contributed by atoms with E-state index in [9.17, 15) is 23.2 Å². The van der Waals surface area contributed by atoms with Gasteiger partial charge in [-0.3, -0.25) is 4.79 Å². The number of nitrogens with zero attached hydrogens (tertiary/aromatic N) is 2. The maximum absolute atomic E-state index is 13.5. The summed E-state index contributed by atoms with van der Waals surface area (Å²) in [6.07, 6.45) is -2.10. The van der Waals surface area contributed by atoms with Crippen molar-refractivity contribution in [3.8, 4) is 5.75 Å². The molecule has 3 amide bonds. The minimum atomic E-state index is -3.27. The summed E-state index contributed by atoms with van der Waals surface area (Å²) < 4.78 is 36.7. The van der Waals surface area contributed by atoms with Crippen LogP contribution in [0.1, 0.15) is 36.6 Å². The number of nitrogen functional groups attached to an aromatic ring is 1.